The van der Waals surface area contributed by atoms with E-state index in [-0.39, 0.29) is 23.9 Å². The van der Waals surface area contributed by atoms with Crippen molar-refractivity contribution in [2.75, 3.05) is 17.7 Å². The number of rotatable bonds is 7. The van der Waals surface area contributed by atoms with Crippen LogP contribution in [0, 0.1) is 10.1 Å². The van der Waals surface area contributed by atoms with E-state index in [4.69, 9.17) is 9.84 Å². The molecule has 1 atom stereocenters. The molecule has 2 aromatic rings. The van der Waals surface area contributed by atoms with Crippen molar-refractivity contribution in [3.05, 3.63) is 58.1 Å². The molecule has 8 heteroatoms. The van der Waals surface area contributed by atoms with Crippen LogP contribution in [0.2, 0.25) is 0 Å². The summed E-state index contributed by atoms with van der Waals surface area (Å²) in [5, 5.41) is 25.7. The van der Waals surface area contributed by atoms with Gasteiger partial charge in [0.05, 0.1) is 24.3 Å². The Kier molecular flexibility index (Phi) is 5.91. The van der Waals surface area contributed by atoms with Crippen LogP contribution < -0.4 is 15.4 Å². The number of methoxy groups -OCH3 is 1. The molecule has 0 spiro atoms. The standard InChI is InChI=1S/C17H19N3O5/c1-11(18-13-5-3-4-12(8-13)10-21)17(22)19-15-9-14(20(23)24)6-7-16(15)25-2/h3-9,11,18,21H,10H2,1-2H3,(H,19,22). The van der Waals surface area contributed by atoms with Crippen LogP contribution in [0.5, 0.6) is 5.75 Å². The number of amides is 1. The summed E-state index contributed by atoms with van der Waals surface area (Å²) >= 11 is 0. The van der Waals surface area contributed by atoms with E-state index in [1.54, 1.807) is 31.2 Å². The van der Waals surface area contributed by atoms with Gasteiger partial charge in [0, 0.05) is 17.8 Å². The molecule has 0 aromatic heterocycles. The first-order valence-corrected chi connectivity index (χ1v) is 7.54. The quantitative estimate of drug-likeness (QED) is 0.525. The molecule has 0 aliphatic heterocycles. The van der Waals surface area contributed by atoms with Crippen LogP contribution in [0.1, 0.15) is 12.5 Å². The molecule has 0 aliphatic rings. The fourth-order valence-corrected chi connectivity index (χ4v) is 2.22. The molecule has 0 heterocycles. The number of carbonyl (C=O) groups excluding carboxylic acids is 1. The topological polar surface area (TPSA) is 114 Å². The van der Waals surface area contributed by atoms with Crippen molar-refractivity contribution in [2.45, 2.75) is 19.6 Å². The van der Waals surface area contributed by atoms with Gasteiger partial charge in [-0.15, -0.1) is 0 Å². The molecule has 25 heavy (non-hydrogen) atoms. The monoisotopic (exact) mass is 345 g/mol. The van der Waals surface area contributed by atoms with Crippen LogP contribution in [-0.4, -0.2) is 29.1 Å². The molecule has 2 rings (SSSR count). The van der Waals surface area contributed by atoms with Gasteiger partial charge in [-0.1, -0.05) is 12.1 Å². The van der Waals surface area contributed by atoms with Crippen molar-refractivity contribution in [3.63, 3.8) is 0 Å². The maximum absolute atomic E-state index is 12.4. The summed E-state index contributed by atoms with van der Waals surface area (Å²) in [6.45, 7) is 1.56. The molecule has 0 bridgehead atoms. The molecule has 0 fully saturated rings. The van der Waals surface area contributed by atoms with Crippen LogP contribution in [0.4, 0.5) is 17.1 Å². The number of benzene rings is 2. The van der Waals surface area contributed by atoms with Crippen molar-refractivity contribution in [3.8, 4) is 5.75 Å². The van der Waals surface area contributed by atoms with Gasteiger partial charge in [0.2, 0.25) is 5.91 Å². The molecule has 0 saturated carbocycles. The second kappa shape index (κ2) is 8.11. The summed E-state index contributed by atoms with van der Waals surface area (Å²) < 4.78 is 5.12. The largest absolute Gasteiger partial charge is 0.495 e. The molecule has 0 radical (unpaired) electrons. The van der Waals surface area contributed by atoms with Crippen molar-refractivity contribution in [1.29, 1.82) is 0 Å². The number of aliphatic hydroxyl groups is 1. The summed E-state index contributed by atoms with van der Waals surface area (Å²) in [5.41, 5.74) is 1.48. The second-order valence-corrected chi connectivity index (χ2v) is 5.36. The van der Waals surface area contributed by atoms with Gasteiger partial charge in [-0.3, -0.25) is 14.9 Å². The molecule has 2 aromatic carbocycles. The average molecular weight is 345 g/mol. The first kappa shape index (κ1) is 18.2. The van der Waals surface area contributed by atoms with Crippen molar-refractivity contribution >= 4 is 23.0 Å². The van der Waals surface area contributed by atoms with Crippen molar-refractivity contribution in [2.24, 2.45) is 0 Å². The Morgan fingerprint density at radius 3 is 2.72 bits per heavy atom. The number of hydrogen-bond acceptors (Lipinski definition) is 6. The summed E-state index contributed by atoms with van der Waals surface area (Å²) in [7, 11) is 1.42. The Hall–Kier alpha value is -3.13. The molecule has 1 amide bonds. The minimum absolute atomic E-state index is 0.0963. The lowest BCUT2D eigenvalue weighted by atomic mass is 10.2. The highest BCUT2D eigenvalue weighted by Crippen LogP contribution is 2.29. The zero-order valence-corrected chi connectivity index (χ0v) is 13.9. The maximum atomic E-state index is 12.4. The minimum Gasteiger partial charge on any atom is -0.495 e. The van der Waals surface area contributed by atoms with Gasteiger partial charge >= 0.3 is 0 Å². The Morgan fingerprint density at radius 2 is 2.08 bits per heavy atom. The number of nitro groups is 1. The van der Waals surface area contributed by atoms with E-state index < -0.39 is 11.0 Å². The summed E-state index contributed by atoms with van der Waals surface area (Å²) in [4.78, 5) is 22.7. The van der Waals surface area contributed by atoms with E-state index in [9.17, 15) is 14.9 Å². The molecule has 132 valence electrons. The van der Waals surface area contributed by atoms with Crippen LogP contribution in [0.15, 0.2) is 42.5 Å². The third kappa shape index (κ3) is 4.67. The predicted octanol–water partition coefficient (Wildman–Crippen LogP) is 2.53. The highest BCUT2D eigenvalue weighted by Gasteiger charge is 2.17. The number of nitro benzene ring substituents is 1. The van der Waals surface area contributed by atoms with E-state index in [1.165, 1.54) is 25.3 Å². The number of carbonyl (C=O) groups is 1. The van der Waals surface area contributed by atoms with Crippen LogP contribution in [0.3, 0.4) is 0 Å². The Balaban J connectivity index is 2.12. The Bertz CT molecular complexity index is 779. The summed E-state index contributed by atoms with van der Waals surface area (Å²) in [5.74, 6) is -0.0540. The van der Waals surface area contributed by atoms with Gasteiger partial charge in [-0.2, -0.15) is 0 Å². The normalized spacial score (nSPS) is 11.5. The van der Waals surface area contributed by atoms with Gasteiger partial charge < -0.3 is 20.5 Å². The highest BCUT2D eigenvalue weighted by atomic mass is 16.6. The number of anilines is 2. The van der Waals surface area contributed by atoms with Crippen molar-refractivity contribution in [1.82, 2.24) is 0 Å². The first-order chi connectivity index (χ1) is 11.9. The van der Waals surface area contributed by atoms with Gasteiger partial charge in [-0.25, -0.2) is 0 Å². The lowest BCUT2D eigenvalue weighted by molar-refractivity contribution is -0.384. The number of hydrogen-bond donors (Lipinski definition) is 3. The van der Waals surface area contributed by atoms with Crippen LogP contribution in [0.25, 0.3) is 0 Å². The Morgan fingerprint density at radius 1 is 1.32 bits per heavy atom. The highest BCUT2D eigenvalue weighted by molar-refractivity contribution is 5.97. The first-order valence-electron chi connectivity index (χ1n) is 7.54. The molecule has 0 saturated heterocycles. The molecule has 8 nitrogen and oxygen atoms in total. The molecule has 3 N–H and O–H groups in total. The van der Waals surface area contributed by atoms with Gasteiger partial charge in [0.15, 0.2) is 0 Å². The average Bonchev–Trinajstić information content (AvgIpc) is 2.61. The SMILES string of the molecule is COc1ccc([N+](=O)[O-])cc1NC(=O)C(C)Nc1cccc(CO)c1. The summed E-state index contributed by atoms with van der Waals surface area (Å²) in [6.07, 6.45) is 0. The maximum Gasteiger partial charge on any atom is 0.271 e. The third-order valence-electron chi connectivity index (χ3n) is 3.54. The number of nitrogens with zero attached hydrogens (tertiary/aromatic N) is 1. The van der Waals surface area contributed by atoms with Crippen LogP contribution >= 0.6 is 0 Å². The zero-order valence-electron chi connectivity index (χ0n) is 13.9. The minimum atomic E-state index is -0.613. The van der Waals surface area contributed by atoms with E-state index >= 15 is 0 Å². The number of non-ortho nitro benzene ring substituents is 1. The molecular weight excluding hydrogens is 326 g/mol. The predicted molar refractivity (Wildman–Crippen MR) is 93.7 cm³/mol. The van der Waals surface area contributed by atoms with E-state index in [1.807, 2.05) is 0 Å². The Labute approximate surface area is 144 Å². The third-order valence-corrected chi connectivity index (χ3v) is 3.54. The van der Waals surface area contributed by atoms with E-state index in [0.29, 0.717) is 11.4 Å². The molecule has 1 unspecified atom stereocenters. The van der Waals surface area contributed by atoms with E-state index in [0.717, 1.165) is 5.56 Å². The lowest BCUT2D eigenvalue weighted by Crippen LogP contribution is -2.32. The number of nitrogens with one attached hydrogen (secondary N) is 2. The summed E-state index contributed by atoms with van der Waals surface area (Å²) in [6, 6.07) is 10.4. The molecule has 0 aliphatic carbocycles. The molecular formula is C17H19N3O5. The lowest BCUT2D eigenvalue weighted by Gasteiger charge is -2.17. The van der Waals surface area contributed by atoms with Gasteiger partial charge in [0.25, 0.3) is 5.69 Å². The zero-order chi connectivity index (χ0) is 18.4. The fraction of sp³-hybridized carbons (Fsp3) is 0.235. The number of aliphatic hydroxyl groups excluding tert-OH is 1. The van der Waals surface area contributed by atoms with Crippen molar-refractivity contribution < 1.29 is 19.6 Å². The van der Waals surface area contributed by atoms with Gasteiger partial charge in [0.1, 0.15) is 11.8 Å². The fourth-order valence-electron chi connectivity index (χ4n) is 2.22. The smallest absolute Gasteiger partial charge is 0.271 e. The van der Waals surface area contributed by atoms with Crippen LogP contribution in [-0.2, 0) is 11.4 Å². The van der Waals surface area contributed by atoms with E-state index in [2.05, 4.69) is 10.6 Å². The number of ether oxygens (including phenoxy) is 1. The second-order valence-electron chi connectivity index (χ2n) is 5.36. The van der Waals surface area contributed by atoms with Gasteiger partial charge in [-0.05, 0) is 30.7 Å².